The van der Waals surface area contributed by atoms with E-state index in [2.05, 4.69) is 26.1 Å². The van der Waals surface area contributed by atoms with Crippen molar-refractivity contribution >= 4 is 0 Å². The largest absolute Gasteiger partial charge is 0.379 e. The summed E-state index contributed by atoms with van der Waals surface area (Å²) in [5.41, 5.74) is 2.09. The molecule has 1 rings (SSSR count). The zero-order valence-corrected chi connectivity index (χ0v) is 12.7. The molecule has 108 valence electrons. The van der Waals surface area contributed by atoms with Crippen LogP contribution in [-0.4, -0.2) is 19.8 Å². The number of rotatable bonds is 7. The van der Waals surface area contributed by atoms with E-state index in [9.17, 15) is 4.39 Å². The van der Waals surface area contributed by atoms with Crippen molar-refractivity contribution < 1.29 is 9.13 Å². The van der Waals surface area contributed by atoms with Gasteiger partial charge in [-0.3, -0.25) is 0 Å². The lowest BCUT2D eigenvalue weighted by molar-refractivity contribution is 0.0325. The lowest BCUT2D eigenvalue weighted by Crippen LogP contribution is -2.37. The van der Waals surface area contributed by atoms with E-state index in [0.717, 1.165) is 24.1 Å². The molecule has 1 aromatic carbocycles. The van der Waals surface area contributed by atoms with Crippen LogP contribution >= 0.6 is 0 Å². The molecule has 0 fully saturated rings. The maximum absolute atomic E-state index is 13.3. The molecular weight excluding hydrogens is 241 g/mol. The summed E-state index contributed by atoms with van der Waals surface area (Å²) in [5, 5.41) is 3.53. The number of hydrogen-bond acceptors (Lipinski definition) is 2. The molecule has 2 nitrogen and oxygen atoms in total. The van der Waals surface area contributed by atoms with Crippen molar-refractivity contribution in [2.45, 2.75) is 46.3 Å². The van der Waals surface area contributed by atoms with E-state index in [-0.39, 0.29) is 18.0 Å². The summed E-state index contributed by atoms with van der Waals surface area (Å²) in [6.45, 7) is 9.31. The Kier molecular flexibility index (Phi) is 6.46. The van der Waals surface area contributed by atoms with E-state index in [0.29, 0.717) is 5.92 Å². The molecule has 0 spiro atoms. The van der Waals surface area contributed by atoms with E-state index in [1.165, 1.54) is 6.07 Å². The average molecular weight is 267 g/mol. The van der Waals surface area contributed by atoms with Gasteiger partial charge in [0, 0.05) is 7.11 Å². The normalized spacial score (nSPS) is 14.7. The third-order valence-electron chi connectivity index (χ3n) is 3.44. The van der Waals surface area contributed by atoms with Crippen LogP contribution in [0, 0.1) is 18.7 Å². The van der Waals surface area contributed by atoms with Gasteiger partial charge in [-0.05, 0) is 49.1 Å². The van der Waals surface area contributed by atoms with E-state index >= 15 is 0 Å². The van der Waals surface area contributed by atoms with E-state index in [4.69, 9.17) is 4.74 Å². The Labute approximate surface area is 116 Å². The van der Waals surface area contributed by atoms with Crippen LogP contribution in [0.2, 0.25) is 0 Å². The number of methoxy groups -OCH3 is 1. The first kappa shape index (κ1) is 16.1. The molecule has 19 heavy (non-hydrogen) atoms. The molecule has 0 radical (unpaired) electrons. The summed E-state index contributed by atoms with van der Waals surface area (Å²) in [6, 6.07) is 5.08. The number of nitrogens with one attached hydrogen (secondary N) is 1. The van der Waals surface area contributed by atoms with Crippen molar-refractivity contribution in [1.29, 1.82) is 0 Å². The van der Waals surface area contributed by atoms with Crippen LogP contribution in [-0.2, 0) is 4.74 Å². The van der Waals surface area contributed by atoms with Crippen molar-refractivity contribution in [3.05, 3.63) is 35.1 Å². The molecule has 0 aliphatic rings. The molecule has 0 heterocycles. The van der Waals surface area contributed by atoms with Gasteiger partial charge in [0.25, 0.3) is 0 Å². The standard InChI is InChI=1S/C16H26FNO/c1-6-9-18-15(16(19-5)11(2)3)14-8-7-13(17)10-12(14)4/h7-8,10-11,15-16,18H,6,9H2,1-5H3. The van der Waals surface area contributed by atoms with Crippen molar-refractivity contribution in [2.24, 2.45) is 5.92 Å². The second-order valence-electron chi connectivity index (χ2n) is 5.38. The van der Waals surface area contributed by atoms with Gasteiger partial charge in [0.1, 0.15) is 5.82 Å². The molecule has 2 unspecified atom stereocenters. The first-order valence-corrected chi connectivity index (χ1v) is 7.03. The number of ether oxygens (including phenoxy) is 1. The predicted octanol–water partition coefficient (Wildman–Crippen LogP) is 3.85. The minimum absolute atomic E-state index is 0.0794. The first-order chi connectivity index (χ1) is 9.01. The van der Waals surface area contributed by atoms with Crippen molar-refractivity contribution in [1.82, 2.24) is 5.32 Å². The summed E-state index contributed by atoms with van der Waals surface area (Å²) in [7, 11) is 1.74. The van der Waals surface area contributed by atoms with Gasteiger partial charge in [0.05, 0.1) is 12.1 Å². The Balaban J connectivity index is 3.07. The minimum Gasteiger partial charge on any atom is -0.379 e. The lowest BCUT2D eigenvalue weighted by Gasteiger charge is -2.31. The van der Waals surface area contributed by atoms with Crippen molar-refractivity contribution in [3.63, 3.8) is 0 Å². The van der Waals surface area contributed by atoms with Crippen LogP contribution in [0.3, 0.4) is 0 Å². The van der Waals surface area contributed by atoms with Crippen LogP contribution in [0.1, 0.15) is 44.4 Å². The summed E-state index contributed by atoms with van der Waals surface area (Å²) in [4.78, 5) is 0. The van der Waals surface area contributed by atoms with Crippen LogP contribution in [0.5, 0.6) is 0 Å². The van der Waals surface area contributed by atoms with Gasteiger partial charge in [0.15, 0.2) is 0 Å². The SMILES string of the molecule is CCCNC(c1ccc(F)cc1C)C(OC)C(C)C. The Hall–Kier alpha value is -0.930. The van der Waals surface area contributed by atoms with E-state index in [1.807, 2.05) is 13.0 Å². The maximum atomic E-state index is 13.3. The summed E-state index contributed by atoms with van der Waals surface area (Å²) < 4.78 is 18.9. The molecule has 2 atom stereocenters. The van der Waals surface area contributed by atoms with Crippen LogP contribution in [0.15, 0.2) is 18.2 Å². The van der Waals surface area contributed by atoms with Crippen LogP contribution in [0.25, 0.3) is 0 Å². The van der Waals surface area contributed by atoms with Crippen molar-refractivity contribution in [3.8, 4) is 0 Å². The van der Waals surface area contributed by atoms with Crippen LogP contribution in [0.4, 0.5) is 4.39 Å². The molecule has 0 saturated heterocycles. The van der Waals surface area contributed by atoms with Crippen molar-refractivity contribution in [2.75, 3.05) is 13.7 Å². The third kappa shape index (κ3) is 4.29. The van der Waals surface area contributed by atoms with E-state index < -0.39 is 0 Å². The fourth-order valence-corrected chi connectivity index (χ4v) is 2.48. The molecule has 3 heteroatoms. The Morgan fingerprint density at radius 2 is 2.00 bits per heavy atom. The highest BCUT2D eigenvalue weighted by Gasteiger charge is 2.26. The Morgan fingerprint density at radius 1 is 1.32 bits per heavy atom. The van der Waals surface area contributed by atoms with Gasteiger partial charge >= 0.3 is 0 Å². The fourth-order valence-electron chi connectivity index (χ4n) is 2.48. The molecular formula is C16H26FNO. The summed E-state index contributed by atoms with van der Waals surface area (Å²) >= 11 is 0. The summed E-state index contributed by atoms with van der Waals surface area (Å²) in [6.07, 6.45) is 1.14. The molecule has 0 saturated carbocycles. The Bertz CT molecular complexity index is 392. The third-order valence-corrected chi connectivity index (χ3v) is 3.44. The number of benzene rings is 1. The predicted molar refractivity (Wildman–Crippen MR) is 77.8 cm³/mol. The Morgan fingerprint density at radius 3 is 2.47 bits per heavy atom. The molecule has 0 aliphatic carbocycles. The quantitative estimate of drug-likeness (QED) is 0.810. The molecule has 0 bridgehead atoms. The molecule has 0 amide bonds. The van der Waals surface area contributed by atoms with Gasteiger partial charge in [-0.25, -0.2) is 4.39 Å². The van der Waals surface area contributed by atoms with Gasteiger partial charge in [-0.15, -0.1) is 0 Å². The van der Waals surface area contributed by atoms with Gasteiger partial charge in [-0.2, -0.15) is 0 Å². The molecule has 1 aromatic rings. The second kappa shape index (κ2) is 7.61. The maximum Gasteiger partial charge on any atom is 0.123 e. The number of halogens is 1. The lowest BCUT2D eigenvalue weighted by atomic mass is 9.90. The molecule has 0 aliphatic heterocycles. The summed E-state index contributed by atoms with van der Waals surface area (Å²) in [5.74, 6) is 0.206. The van der Waals surface area contributed by atoms with Gasteiger partial charge in [0.2, 0.25) is 0 Å². The monoisotopic (exact) mass is 267 g/mol. The topological polar surface area (TPSA) is 21.3 Å². The van der Waals surface area contributed by atoms with E-state index in [1.54, 1.807) is 13.2 Å². The smallest absolute Gasteiger partial charge is 0.123 e. The van der Waals surface area contributed by atoms with Gasteiger partial charge in [-0.1, -0.05) is 26.8 Å². The highest BCUT2D eigenvalue weighted by atomic mass is 19.1. The van der Waals surface area contributed by atoms with Crippen LogP contribution < -0.4 is 5.32 Å². The fraction of sp³-hybridized carbons (Fsp3) is 0.625. The minimum atomic E-state index is -0.186. The first-order valence-electron chi connectivity index (χ1n) is 7.03. The number of hydrogen-bond donors (Lipinski definition) is 1. The highest BCUT2D eigenvalue weighted by molar-refractivity contribution is 5.30. The molecule has 0 aromatic heterocycles. The zero-order valence-electron chi connectivity index (χ0n) is 12.7. The zero-order chi connectivity index (χ0) is 14.4. The molecule has 1 N–H and O–H groups in total. The average Bonchev–Trinajstić information content (AvgIpc) is 2.34. The highest BCUT2D eigenvalue weighted by Crippen LogP contribution is 2.27. The van der Waals surface area contributed by atoms with Gasteiger partial charge < -0.3 is 10.1 Å². The number of aryl methyl sites for hydroxylation is 1. The second-order valence-corrected chi connectivity index (χ2v) is 5.38.